The van der Waals surface area contributed by atoms with E-state index in [4.69, 9.17) is 17.2 Å². The summed E-state index contributed by atoms with van der Waals surface area (Å²) >= 11 is 0. The summed E-state index contributed by atoms with van der Waals surface area (Å²) in [6.45, 7) is 3.26. The van der Waals surface area contributed by atoms with Crippen molar-refractivity contribution in [1.29, 1.82) is 0 Å². The minimum atomic E-state index is -0.936. The second kappa shape index (κ2) is 16.0. The summed E-state index contributed by atoms with van der Waals surface area (Å²) in [7, 11) is 0. The fourth-order valence-corrected chi connectivity index (χ4v) is 3.33. The number of phenolic OH excluding ortho intramolecular Hbond substituents is 1. The van der Waals surface area contributed by atoms with Crippen LogP contribution in [0.4, 0.5) is 0 Å². The summed E-state index contributed by atoms with van der Waals surface area (Å²) in [4.78, 5) is 38.3. The van der Waals surface area contributed by atoms with Crippen LogP contribution in [0, 0.1) is 0 Å². The van der Waals surface area contributed by atoms with Gasteiger partial charge in [0.05, 0.1) is 6.04 Å². The summed E-state index contributed by atoms with van der Waals surface area (Å²) in [6, 6.07) is 3.92. The van der Waals surface area contributed by atoms with Crippen molar-refractivity contribution in [2.75, 3.05) is 19.6 Å². The van der Waals surface area contributed by atoms with E-state index in [1.807, 2.05) is 0 Å². The molecule has 0 aliphatic carbocycles. The van der Waals surface area contributed by atoms with Gasteiger partial charge in [0.15, 0.2) is 0 Å². The standard InChI is InChI=1S/C23H40N6O4/c1-2-27-22(32)19(8-4-6-14-25)28-23(33)20(15-16-9-11-17(30)12-10-16)29-21(31)18(26)7-3-5-13-24/h9-12,18-20,30H,2-8,13-15,24-26H2,1H3,(H,27,32)(H,28,33)(H,29,31)/t18-,19-,20-/m0/s1. The first-order chi connectivity index (χ1) is 15.8. The van der Waals surface area contributed by atoms with Gasteiger partial charge < -0.3 is 38.3 Å². The molecule has 3 atom stereocenters. The summed E-state index contributed by atoms with van der Waals surface area (Å²) in [5.41, 5.74) is 17.8. The van der Waals surface area contributed by atoms with E-state index in [9.17, 15) is 19.5 Å². The first-order valence-electron chi connectivity index (χ1n) is 11.6. The Hall–Kier alpha value is -2.69. The second-order valence-corrected chi connectivity index (χ2v) is 8.06. The Morgan fingerprint density at radius 3 is 2.00 bits per heavy atom. The lowest BCUT2D eigenvalue weighted by Crippen LogP contribution is -2.56. The molecule has 0 spiro atoms. The smallest absolute Gasteiger partial charge is 0.243 e. The number of aromatic hydroxyl groups is 1. The molecule has 0 aliphatic heterocycles. The van der Waals surface area contributed by atoms with Gasteiger partial charge in [0.25, 0.3) is 0 Å². The molecule has 0 radical (unpaired) electrons. The lowest BCUT2D eigenvalue weighted by atomic mass is 10.0. The van der Waals surface area contributed by atoms with Gasteiger partial charge in [-0.25, -0.2) is 0 Å². The lowest BCUT2D eigenvalue weighted by molar-refractivity contribution is -0.132. The number of unbranched alkanes of at least 4 members (excludes halogenated alkanes) is 2. The summed E-state index contributed by atoms with van der Waals surface area (Å²) in [5.74, 6) is -1.10. The van der Waals surface area contributed by atoms with E-state index >= 15 is 0 Å². The molecule has 10 heteroatoms. The quantitative estimate of drug-likeness (QED) is 0.163. The SMILES string of the molecule is CCNC(=O)[C@H](CCCCN)NC(=O)[C@H](Cc1ccc(O)cc1)NC(=O)[C@@H](N)CCCCN. The van der Waals surface area contributed by atoms with Crippen molar-refractivity contribution in [2.45, 2.75) is 70.0 Å². The first kappa shape index (κ1) is 28.3. The van der Waals surface area contributed by atoms with Gasteiger partial charge in [0, 0.05) is 13.0 Å². The number of carbonyl (C=O) groups excluding carboxylic acids is 3. The van der Waals surface area contributed by atoms with Crippen molar-refractivity contribution in [2.24, 2.45) is 17.2 Å². The van der Waals surface area contributed by atoms with Crippen molar-refractivity contribution in [3.05, 3.63) is 29.8 Å². The van der Waals surface area contributed by atoms with Gasteiger partial charge in [-0.3, -0.25) is 14.4 Å². The van der Waals surface area contributed by atoms with E-state index < -0.39 is 29.9 Å². The molecule has 0 heterocycles. The number of hydrogen-bond donors (Lipinski definition) is 7. The maximum atomic E-state index is 13.1. The molecule has 10 nitrogen and oxygen atoms in total. The number of carbonyl (C=O) groups is 3. The third-order valence-electron chi connectivity index (χ3n) is 5.25. The van der Waals surface area contributed by atoms with E-state index in [0.717, 1.165) is 18.4 Å². The normalized spacial score (nSPS) is 13.6. The zero-order chi connectivity index (χ0) is 24.6. The molecule has 186 valence electrons. The highest BCUT2D eigenvalue weighted by molar-refractivity contribution is 5.93. The summed E-state index contributed by atoms with van der Waals surface area (Å²) in [5, 5.41) is 17.8. The maximum Gasteiger partial charge on any atom is 0.243 e. The summed E-state index contributed by atoms with van der Waals surface area (Å²) in [6.07, 6.45) is 3.95. The molecule has 0 saturated heterocycles. The summed E-state index contributed by atoms with van der Waals surface area (Å²) < 4.78 is 0. The highest BCUT2D eigenvalue weighted by Gasteiger charge is 2.28. The molecule has 3 amide bonds. The van der Waals surface area contributed by atoms with Gasteiger partial charge in [0.1, 0.15) is 17.8 Å². The largest absolute Gasteiger partial charge is 0.508 e. The van der Waals surface area contributed by atoms with Crippen LogP contribution < -0.4 is 33.2 Å². The zero-order valence-corrected chi connectivity index (χ0v) is 19.5. The van der Waals surface area contributed by atoms with E-state index in [2.05, 4.69) is 16.0 Å². The van der Waals surface area contributed by atoms with Crippen LogP contribution in [0.15, 0.2) is 24.3 Å². The Bertz CT molecular complexity index is 728. The van der Waals surface area contributed by atoms with Crippen LogP contribution >= 0.6 is 0 Å². The molecule has 1 aromatic rings. The zero-order valence-electron chi connectivity index (χ0n) is 19.5. The maximum absolute atomic E-state index is 13.1. The number of phenols is 1. The van der Waals surface area contributed by atoms with E-state index in [0.29, 0.717) is 45.3 Å². The number of benzene rings is 1. The van der Waals surface area contributed by atoms with Gasteiger partial charge in [-0.05, 0) is 69.8 Å². The van der Waals surface area contributed by atoms with E-state index in [-0.39, 0.29) is 18.1 Å². The van der Waals surface area contributed by atoms with Crippen LogP contribution in [0.5, 0.6) is 5.75 Å². The molecule has 33 heavy (non-hydrogen) atoms. The minimum Gasteiger partial charge on any atom is -0.508 e. The number of likely N-dealkylation sites (N-methyl/N-ethyl adjacent to an activating group) is 1. The van der Waals surface area contributed by atoms with Crippen molar-refractivity contribution in [3.8, 4) is 5.75 Å². The van der Waals surface area contributed by atoms with Gasteiger partial charge in [-0.15, -0.1) is 0 Å². The van der Waals surface area contributed by atoms with E-state index in [1.165, 1.54) is 12.1 Å². The fraction of sp³-hybridized carbons (Fsp3) is 0.609. The van der Waals surface area contributed by atoms with Crippen LogP contribution in [0.3, 0.4) is 0 Å². The Kier molecular flexibility index (Phi) is 13.7. The van der Waals surface area contributed by atoms with Crippen LogP contribution in [0.25, 0.3) is 0 Å². The third kappa shape index (κ3) is 11.1. The topological polar surface area (TPSA) is 186 Å². The molecule has 1 rings (SSSR count). The van der Waals surface area contributed by atoms with E-state index in [1.54, 1.807) is 19.1 Å². The molecule has 0 unspecified atom stereocenters. The van der Waals surface area contributed by atoms with Gasteiger partial charge >= 0.3 is 0 Å². The predicted octanol–water partition coefficient (Wildman–Crippen LogP) is -0.374. The van der Waals surface area contributed by atoms with Crippen molar-refractivity contribution in [3.63, 3.8) is 0 Å². The molecule has 0 bridgehead atoms. The average Bonchev–Trinajstić information content (AvgIpc) is 2.79. The molecular formula is C23H40N6O4. The van der Waals surface area contributed by atoms with Crippen molar-refractivity contribution >= 4 is 17.7 Å². The number of rotatable bonds is 16. The van der Waals surface area contributed by atoms with Crippen LogP contribution in [0.2, 0.25) is 0 Å². The first-order valence-corrected chi connectivity index (χ1v) is 11.6. The molecule has 0 aliphatic rings. The minimum absolute atomic E-state index is 0.0990. The van der Waals surface area contributed by atoms with Crippen LogP contribution in [0.1, 0.15) is 51.0 Å². The Morgan fingerprint density at radius 2 is 1.42 bits per heavy atom. The molecule has 0 fully saturated rings. The predicted molar refractivity (Wildman–Crippen MR) is 128 cm³/mol. The number of amides is 3. The van der Waals surface area contributed by atoms with Gasteiger partial charge in [0.2, 0.25) is 17.7 Å². The molecule has 10 N–H and O–H groups in total. The molecule has 0 saturated carbocycles. The second-order valence-electron chi connectivity index (χ2n) is 8.06. The Balaban J connectivity index is 2.95. The molecule has 1 aromatic carbocycles. The molecule has 0 aromatic heterocycles. The fourth-order valence-electron chi connectivity index (χ4n) is 3.33. The van der Waals surface area contributed by atoms with Gasteiger partial charge in [-0.2, -0.15) is 0 Å². The van der Waals surface area contributed by atoms with Crippen LogP contribution in [-0.2, 0) is 20.8 Å². The van der Waals surface area contributed by atoms with Crippen molar-refractivity contribution < 1.29 is 19.5 Å². The number of hydrogen-bond acceptors (Lipinski definition) is 7. The highest BCUT2D eigenvalue weighted by atomic mass is 16.3. The number of nitrogens with two attached hydrogens (primary N) is 3. The average molecular weight is 465 g/mol. The highest BCUT2D eigenvalue weighted by Crippen LogP contribution is 2.12. The Labute approximate surface area is 196 Å². The molecular weight excluding hydrogens is 424 g/mol. The van der Waals surface area contributed by atoms with Gasteiger partial charge in [-0.1, -0.05) is 18.6 Å². The van der Waals surface area contributed by atoms with Crippen molar-refractivity contribution in [1.82, 2.24) is 16.0 Å². The monoisotopic (exact) mass is 464 g/mol. The Morgan fingerprint density at radius 1 is 0.848 bits per heavy atom. The third-order valence-corrected chi connectivity index (χ3v) is 5.25. The number of nitrogens with one attached hydrogen (secondary N) is 3. The van der Waals surface area contributed by atoms with Crippen LogP contribution in [-0.4, -0.2) is 60.6 Å². The lowest BCUT2D eigenvalue weighted by Gasteiger charge is -2.24.